The Hall–Kier alpha value is -0.160. The molecule has 0 amide bonds. The summed E-state index contributed by atoms with van der Waals surface area (Å²) in [5, 5.41) is 8.08. The first kappa shape index (κ1) is 10.4. The fraction of sp³-hybridized carbons (Fsp3) is 1.00. The molecule has 3 rings (SSSR count). The minimum absolute atomic E-state index is 0.518. The average molecular weight is 198 g/mol. The Kier molecular flexibility index (Phi) is 2.79. The monoisotopic (exact) mass is 198 g/mol. The molecule has 2 bridgehead atoms. The molecule has 4 nitrogen and oxygen atoms in total. The molecule has 3 fully saturated rings. The van der Waals surface area contributed by atoms with E-state index >= 15 is 0 Å². The lowest BCUT2D eigenvalue weighted by atomic mass is 9.89. The zero-order valence-corrected chi connectivity index (χ0v) is 9.70. The van der Waals surface area contributed by atoms with Crippen LogP contribution >= 0.6 is 0 Å². The number of hydrazine groups is 1. The fourth-order valence-electron chi connectivity index (χ4n) is 2.77. The van der Waals surface area contributed by atoms with Gasteiger partial charge in [0.1, 0.15) is 0 Å². The summed E-state index contributed by atoms with van der Waals surface area (Å²) in [5.74, 6) is 0. The van der Waals surface area contributed by atoms with Crippen molar-refractivity contribution in [2.75, 3.05) is 34.2 Å². The second kappa shape index (κ2) is 3.77. The van der Waals surface area contributed by atoms with Crippen molar-refractivity contribution in [1.29, 1.82) is 0 Å². The predicted molar refractivity (Wildman–Crippen MR) is 57.8 cm³/mol. The third-order valence-corrected chi connectivity index (χ3v) is 3.61. The number of nitrogens with one attached hydrogen (secondary N) is 1. The third kappa shape index (κ3) is 1.56. The van der Waals surface area contributed by atoms with E-state index in [9.17, 15) is 0 Å². The number of hydrogen-bond acceptors (Lipinski definition) is 4. The molecule has 3 aliphatic heterocycles. The molecule has 0 aliphatic carbocycles. The van der Waals surface area contributed by atoms with Crippen molar-refractivity contribution in [1.82, 2.24) is 20.2 Å². The van der Waals surface area contributed by atoms with E-state index in [-0.39, 0.29) is 0 Å². The van der Waals surface area contributed by atoms with Crippen LogP contribution in [0.2, 0.25) is 0 Å². The first-order valence-corrected chi connectivity index (χ1v) is 5.50. The second-order valence-corrected chi connectivity index (χ2v) is 4.69. The summed E-state index contributed by atoms with van der Waals surface area (Å²) >= 11 is 0. The number of fused-ring (bicyclic) bond motifs is 2. The molecule has 3 heterocycles. The Bertz CT molecular complexity index is 194. The molecule has 4 heteroatoms. The topological polar surface area (TPSA) is 21.8 Å². The molecule has 3 aliphatic rings. The number of nitrogens with zero attached hydrogens (tertiary/aromatic N) is 3. The summed E-state index contributed by atoms with van der Waals surface area (Å²) in [5.41, 5.74) is 0. The molecule has 3 atom stereocenters. The second-order valence-electron chi connectivity index (χ2n) is 4.69. The molecule has 3 saturated heterocycles. The lowest BCUT2D eigenvalue weighted by Gasteiger charge is -2.59. The Balaban J connectivity index is 1.91. The minimum atomic E-state index is 0.518. The van der Waals surface area contributed by atoms with E-state index in [1.165, 1.54) is 19.5 Å². The molecule has 0 radical (unpaired) electrons. The van der Waals surface area contributed by atoms with Gasteiger partial charge in [0.25, 0.3) is 0 Å². The predicted octanol–water partition coefficient (Wildman–Crippen LogP) is -0.213. The van der Waals surface area contributed by atoms with Crippen LogP contribution in [0, 0.1) is 0 Å². The van der Waals surface area contributed by atoms with Gasteiger partial charge < -0.3 is 5.32 Å². The normalized spacial score (nSPS) is 35.8. The molecular formula is C10H22N4. The average Bonchev–Trinajstić information content (AvgIpc) is 2.15. The Labute approximate surface area is 86.8 Å². The lowest BCUT2D eigenvalue weighted by Crippen LogP contribution is -2.73. The van der Waals surface area contributed by atoms with Gasteiger partial charge in [0.15, 0.2) is 0 Å². The van der Waals surface area contributed by atoms with Gasteiger partial charge in [-0.2, -0.15) is 0 Å². The van der Waals surface area contributed by atoms with Crippen molar-refractivity contribution < 1.29 is 0 Å². The van der Waals surface area contributed by atoms with Gasteiger partial charge >= 0.3 is 0 Å². The maximum atomic E-state index is 3.31. The van der Waals surface area contributed by atoms with Crippen LogP contribution in [0.4, 0.5) is 0 Å². The van der Waals surface area contributed by atoms with Crippen molar-refractivity contribution in [2.45, 2.75) is 31.6 Å². The van der Waals surface area contributed by atoms with Crippen LogP contribution in [-0.2, 0) is 0 Å². The maximum Gasteiger partial charge on any atom is 0.0566 e. The molecule has 0 aromatic heterocycles. The Morgan fingerprint density at radius 2 is 1.86 bits per heavy atom. The van der Waals surface area contributed by atoms with Gasteiger partial charge in [0, 0.05) is 39.3 Å². The Morgan fingerprint density at radius 3 is 2.29 bits per heavy atom. The number of piperidine rings is 1. The van der Waals surface area contributed by atoms with Crippen LogP contribution in [0.25, 0.3) is 0 Å². The van der Waals surface area contributed by atoms with E-state index in [1.807, 2.05) is 7.05 Å². The summed E-state index contributed by atoms with van der Waals surface area (Å²) in [7, 11) is 6.33. The van der Waals surface area contributed by atoms with Crippen molar-refractivity contribution in [3.8, 4) is 0 Å². The molecular weight excluding hydrogens is 176 g/mol. The lowest BCUT2D eigenvalue weighted by molar-refractivity contribution is -0.184. The van der Waals surface area contributed by atoms with Gasteiger partial charge in [-0.3, -0.25) is 4.90 Å². The summed E-state index contributed by atoms with van der Waals surface area (Å²) < 4.78 is 0. The largest absolute Gasteiger partial charge is 0.305 e. The molecule has 3 unspecified atom stereocenters. The summed E-state index contributed by atoms with van der Waals surface area (Å²) in [6, 6.07) is 1.50. The highest BCUT2D eigenvalue weighted by molar-refractivity contribution is 4.99. The standard InChI is InChI=1S/C10H22N4/c1-8(11-2)13-6-9-5-10(7-13)14(9)12(3)4/h8-11H,5-7H2,1-4H3. The van der Waals surface area contributed by atoms with E-state index in [4.69, 9.17) is 0 Å². The third-order valence-electron chi connectivity index (χ3n) is 3.61. The van der Waals surface area contributed by atoms with Gasteiger partial charge in [0.05, 0.1) is 6.17 Å². The SMILES string of the molecule is CNC(C)N1CC2CC(C1)N2N(C)C. The molecule has 0 spiro atoms. The van der Waals surface area contributed by atoms with Crippen molar-refractivity contribution in [2.24, 2.45) is 0 Å². The molecule has 82 valence electrons. The first-order valence-electron chi connectivity index (χ1n) is 5.50. The van der Waals surface area contributed by atoms with Gasteiger partial charge in [0.2, 0.25) is 0 Å². The zero-order chi connectivity index (χ0) is 10.3. The highest BCUT2D eigenvalue weighted by Gasteiger charge is 2.46. The van der Waals surface area contributed by atoms with Gasteiger partial charge in [-0.25, -0.2) is 10.0 Å². The van der Waals surface area contributed by atoms with E-state index < -0.39 is 0 Å². The van der Waals surface area contributed by atoms with Crippen LogP contribution in [0.1, 0.15) is 13.3 Å². The van der Waals surface area contributed by atoms with Crippen LogP contribution in [0.15, 0.2) is 0 Å². The molecule has 14 heavy (non-hydrogen) atoms. The quantitative estimate of drug-likeness (QED) is 0.677. The van der Waals surface area contributed by atoms with Crippen LogP contribution in [-0.4, -0.2) is 67.4 Å². The fourth-order valence-corrected chi connectivity index (χ4v) is 2.77. The van der Waals surface area contributed by atoms with Crippen molar-refractivity contribution >= 4 is 0 Å². The molecule has 0 aromatic carbocycles. The zero-order valence-electron chi connectivity index (χ0n) is 9.70. The summed E-state index contributed by atoms with van der Waals surface area (Å²) in [6.07, 6.45) is 1.90. The van der Waals surface area contributed by atoms with E-state index in [0.717, 1.165) is 12.1 Å². The van der Waals surface area contributed by atoms with Crippen molar-refractivity contribution in [3.05, 3.63) is 0 Å². The Morgan fingerprint density at radius 1 is 1.29 bits per heavy atom. The van der Waals surface area contributed by atoms with Gasteiger partial charge in [-0.05, 0) is 20.4 Å². The van der Waals surface area contributed by atoms with Crippen LogP contribution in [0.3, 0.4) is 0 Å². The van der Waals surface area contributed by atoms with Crippen molar-refractivity contribution in [3.63, 3.8) is 0 Å². The highest BCUT2D eigenvalue weighted by Crippen LogP contribution is 2.32. The molecule has 0 aromatic rings. The summed E-state index contributed by atoms with van der Waals surface area (Å²) in [4.78, 5) is 2.54. The summed E-state index contributed by atoms with van der Waals surface area (Å²) in [6.45, 7) is 4.65. The van der Waals surface area contributed by atoms with Crippen LogP contribution < -0.4 is 5.32 Å². The van der Waals surface area contributed by atoms with Gasteiger partial charge in [-0.1, -0.05) is 0 Å². The number of rotatable bonds is 3. The minimum Gasteiger partial charge on any atom is -0.305 e. The van der Waals surface area contributed by atoms with E-state index in [2.05, 4.69) is 41.3 Å². The van der Waals surface area contributed by atoms with E-state index in [0.29, 0.717) is 6.17 Å². The molecule has 0 saturated carbocycles. The maximum absolute atomic E-state index is 3.31. The smallest absolute Gasteiger partial charge is 0.0566 e. The molecule has 1 N–H and O–H groups in total. The van der Waals surface area contributed by atoms with Crippen LogP contribution in [0.5, 0.6) is 0 Å². The number of piperazine rings is 1. The van der Waals surface area contributed by atoms with E-state index in [1.54, 1.807) is 0 Å². The highest BCUT2D eigenvalue weighted by atomic mass is 15.7. The van der Waals surface area contributed by atoms with Gasteiger partial charge in [-0.15, -0.1) is 0 Å². The number of hydrogen-bond donors (Lipinski definition) is 1. The first-order chi connectivity index (χ1) is 6.63.